The van der Waals surface area contributed by atoms with Crippen LogP contribution in [0.2, 0.25) is 5.02 Å². The Kier molecular flexibility index (Phi) is 6.80. The molecule has 0 radical (unpaired) electrons. The van der Waals surface area contributed by atoms with Gasteiger partial charge in [0.25, 0.3) is 0 Å². The van der Waals surface area contributed by atoms with Gasteiger partial charge in [-0.05, 0) is 42.5 Å². The van der Waals surface area contributed by atoms with E-state index in [1.54, 1.807) is 0 Å². The van der Waals surface area contributed by atoms with Crippen molar-refractivity contribution in [3.8, 4) is 0 Å². The van der Waals surface area contributed by atoms with Crippen molar-refractivity contribution in [1.82, 2.24) is 5.32 Å². The third kappa shape index (κ3) is 5.93. The molecule has 0 heterocycles. The highest BCUT2D eigenvalue weighted by Crippen LogP contribution is 2.19. The monoisotopic (exact) mass is 380 g/mol. The van der Waals surface area contributed by atoms with Crippen LogP contribution in [0.4, 0.5) is 14.5 Å². The lowest BCUT2D eigenvalue weighted by Crippen LogP contribution is -2.33. The third-order valence-corrected chi connectivity index (χ3v) is 3.68. The molecule has 2 aromatic carbocycles. The Morgan fingerprint density at radius 1 is 0.923 bits per heavy atom. The maximum Gasteiger partial charge on any atom is 0.243 e. The number of Topliss-reactive ketones (excluding diaryl/α,β-unsaturated/α-hetero) is 1. The average molecular weight is 381 g/mol. The Balaban J connectivity index is 1.73. The fourth-order valence-electron chi connectivity index (χ4n) is 2.05. The molecule has 0 fully saturated rings. The van der Waals surface area contributed by atoms with E-state index >= 15 is 0 Å². The highest BCUT2D eigenvalue weighted by Gasteiger charge is 2.11. The van der Waals surface area contributed by atoms with Crippen molar-refractivity contribution in [2.75, 3.05) is 11.9 Å². The number of carbonyl (C=O) groups is 3. The van der Waals surface area contributed by atoms with Crippen LogP contribution >= 0.6 is 11.6 Å². The summed E-state index contributed by atoms with van der Waals surface area (Å²) in [7, 11) is 0. The summed E-state index contributed by atoms with van der Waals surface area (Å²) in [6, 6.07) is 8.71. The van der Waals surface area contributed by atoms with E-state index in [9.17, 15) is 23.2 Å². The molecule has 2 N–H and O–H groups in total. The first-order chi connectivity index (χ1) is 12.3. The van der Waals surface area contributed by atoms with Gasteiger partial charge in [0.1, 0.15) is 11.6 Å². The minimum atomic E-state index is -0.608. The molecule has 2 amide bonds. The van der Waals surface area contributed by atoms with Crippen LogP contribution in [-0.4, -0.2) is 24.1 Å². The first-order valence-corrected chi connectivity index (χ1v) is 8.03. The molecule has 0 aromatic heterocycles. The highest BCUT2D eigenvalue weighted by atomic mass is 35.5. The fraction of sp³-hybridized carbons (Fsp3) is 0.167. The second-order valence-electron chi connectivity index (χ2n) is 5.38. The number of nitrogens with one attached hydrogen (secondary N) is 2. The molecule has 0 aliphatic rings. The van der Waals surface area contributed by atoms with Crippen molar-refractivity contribution < 1.29 is 23.2 Å². The number of hydrogen-bond donors (Lipinski definition) is 2. The zero-order chi connectivity index (χ0) is 19.1. The standard InChI is InChI=1S/C18H15ClF2N2O3/c19-14-9-13(5-6-15(14)21)23-18(26)10-22-17(25)8-7-16(24)11-1-3-12(20)4-2-11/h1-6,9H,7-8,10H2,(H,22,25)(H,23,26). The first kappa shape index (κ1) is 19.5. The molecular formula is C18H15ClF2N2O3. The van der Waals surface area contributed by atoms with Crippen LogP contribution in [0, 0.1) is 11.6 Å². The molecule has 0 aliphatic heterocycles. The number of benzene rings is 2. The van der Waals surface area contributed by atoms with Crippen LogP contribution < -0.4 is 10.6 Å². The van der Waals surface area contributed by atoms with Gasteiger partial charge in [0.15, 0.2) is 5.78 Å². The summed E-state index contributed by atoms with van der Waals surface area (Å²) in [6.45, 7) is -0.307. The van der Waals surface area contributed by atoms with Crippen LogP contribution in [0.3, 0.4) is 0 Å². The van der Waals surface area contributed by atoms with Crippen LogP contribution in [-0.2, 0) is 9.59 Å². The number of halogens is 3. The summed E-state index contributed by atoms with van der Waals surface area (Å²) < 4.78 is 25.8. The van der Waals surface area contributed by atoms with E-state index in [4.69, 9.17) is 11.6 Å². The zero-order valence-electron chi connectivity index (χ0n) is 13.5. The van der Waals surface area contributed by atoms with Gasteiger partial charge in [-0.2, -0.15) is 0 Å². The van der Waals surface area contributed by atoms with Gasteiger partial charge in [0.05, 0.1) is 11.6 Å². The smallest absolute Gasteiger partial charge is 0.243 e. The Hall–Kier alpha value is -2.80. The van der Waals surface area contributed by atoms with Crippen molar-refractivity contribution in [2.24, 2.45) is 0 Å². The second-order valence-corrected chi connectivity index (χ2v) is 5.79. The van der Waals surface area contributed by atoms with Crippen molar-refractivity contribution in [3.05, 3.63) is 64.7 Å². The highest BCUT2D eigenvalue weighted by molar-refractivity contribution is 6.31. The Labute approximate surface area is 153 Å². The molecule has 136 valence electrons. The van der Waals surface area contributed by atoms with E-state index in [-0.39, 0.29) is 30.2 Å². The second kappa shape index (κ2) is 9.05. The summed E-state index contributed by atoms with van der Waals surface area (Å²) in [5, 5.41) is 4.70. The Morgan fingerprint density at radius 3 is 2.27 bits per heavy atom. The largest absolute Gasteiger partial charge is 0.347 e. The molecule has 2 aromatic rings. The number of anilines is 1. The van der Waals surface area contributed by atoms with Crippen LogP contribution in [0.5, 0.6) is 0 Å². The molecule has 5 nitrogen and oxygen atoms in total. The quantitative estimate of drug-likeness (QED) is 0.723. The molecule has 8 heteroatoms. The van der Waals surface area contributed by atoms with Crippen molar-refractivity contribution >= 4 is 34.9 Å². The lowest BCUT2D eigenvalue weighted by Gasteiger charge is -2.07. The molecule has 0 aliphatic carbocycles. The molecule has 0 unspecified atom stereocenters. The van der Waals surface area contributed by atoms with Crippen LogP contribution in [0.15, 0.2) is 42.5 Å². The van der Waals surface area contributed by atoms with E-state index in [1.165, 1.54) is 36.4 Å². The maximum absolute atomic E-state index is 13.0. The molecular weight excluding hydrogens is 366 g/mol. The Bertz CT molecular complexity index is 826. The van der Waals surface area contributed by atoms with Gasteiger partial charge in [0, 0.05) is 24.1 Å². The van der Waals surface area contributed by atoms with Gasteiger partial charge in [-0.3, -0.25) is 14.4 Å². The fourth-order valence-corrected chi connectivity index (χ4v) is 2.23. The number of carbonyl (C=O) groups excluding carboxylic acids is 3. The normalized spacial score (nSPS) is 10.3. The van der Waals surface area contributed by atoms with Gasteiger partial charge in [-0.15, -0.1) is 0 Å². The van der Waals surface area contributed by atoms with Gasteiger partial charge in [-0.25, -0.2) is 8.78 Å². The van der Waals surface area contributed by atoms with Crippen LogP contribution in [0.1, 0.15) is 23.2 Å². The summed E-state index contributed by atoms with van der Waals surface area (Å²) >= 11 is 5.61. The molecule has 0 saturated heterocycles. The first-order valence-electron chi connectivity index (χ1n) is 7.65. The number of hydrogen-bond acceptors (Lipinski definition) is 3. The summed E-state index contributed by atoms with van der Waals surface area (Å²) in [5.74, 6) is -2.36. The molecule has 0 spiro atoms. The number of ketones is 1. The van der Waals surface area contributed by atoms with E-state index in [0.717, 1.165) is 6.07 Å². The number of amides is 2. The molecule has 0 bridgehead atoms. The van der Waals surface area contributed by atoms with Crippen molar-refractivity contribution in [3.63, 3.8) is 0 Å². The minimum absolute atomic E-state index is 0.0628. The van der Waals surface area contributed by atoms with Gasteiger partial charge < -0.3 is 10.6 Å². The number of rotatable bonds is 7. The molecule has 0 atom stereocenters. The Morgan fingerprint density at radius 2 is 1.62 bits per heavy atom. The summed E-state index contributed by atoms with van der Waals surface area (Å²) in [6.07, 6.45) is -0.168. The maximum atomic E-state index is 13.0. The van der Waals surface area contributed by atoms with Crippen molar-refractivity contribution in [2.45, 2.75) is 12.8 Å². The topological polar surface area (TPSA) is 75.3 Å². The lowest BCUT2D eigenvalue weighted by molar-refractivity contribution is -0.124. The zero-order valence-corrected chi connectivity index (χ0v) is 14.3. The SMILES string of the molecule is O=C(CCC(=O)c1ccc(F)cc1)NCC(=O)Nc1ccc(F)c(Cl)c1. The minimum Gasteiger partial charge on any atom is -0.347 e. The van der Waals surface area contributed by atoms with Crippen molar-refractivity contribution in [1.29, 1.82) is 0 Å². The molecule has 0 saturated carbocycles. The lowest BCUT2D eigenvalue weighted by atomic mass is 10.1. The predicted octanol–water partition coefficient (Wildman–Crippen LogP) is 3.34. The predicted molar refractivity (Wildman–Crippen MR) is 93.0 cm³/mol. The third-order valence-electron chi connectivity index (χ3n) is 3.39. The van der Waals surface area contributed by atoms with E-state index in [2.05, 4.69) is 10.6 Å². The summed E-state index contributed by atoms with van der Waals surface area (Å²) in [4.78, 5) is 35.3. The van der Waals surface area contributed by atoms with Crippen LogP contribution in [0.25, 0.3) is 0 Å². The van der Waals surface area contributed by atoms with Gasteiger partial charge in [0.2, 0.25) is 11.8 Å². The molecule has 26 heavy (non-hydrogen) atoms. The van der Waals surface area contributed by atoms with E-state index in [0.29, 0.717) is 11.3 Å². The molecule has 2 rings (SSSR count). The average Bonchev–Trinajstić information content (AvgIpc) is 2.61. The van der Waals surface area contributed by atoms with Gasteiger partial charge in [-0.1, -0.05) is 11.6 Å². The summed E-state index contributed by atoms with van der Waals surface area (Å²) in [5.41, 5.74) is 0.604. The van der Waals surface area contributed by atoms with E-state index < -0.39 is 23.4 Å². The van der Waals surface area contributed by atoms with Gasteiger partial charge >= 0.3 is 0 Å². The van der Waals surface area contributed by atoms with E-state index in [1.807, 2.05) is 0 Å².